The van der Waals surface area contributed by atoms with Crippen molar-refractivity contribution in [3.05, 3.63) is 58.6 Å². The third-order valence-electron chi connectivity index (χ3n) is 3.67. The summed E-state index contributed by atoms with van der Waals surface area (Å²) in [7, 11) is -2.09. The summed E-state index contributed by atoms with van der Waals surface area (Å²) in [5, 5.41) is 18.9. The van der Waals surface area contributed by atoms with Crippen LogP contribution in [-0.4, -0.2) is 33.5 Å². The van der Waals surface area contributed by atoms with Gasteiger partial charge in [0.05, 0.1) is 10.6 Å². The van der Waals surface area contributed by atoms with Gasteiger partial charge in [-0.05, 0) is 24.6 Å². The molecule has 0 saturated heterocycles. The molecule has 8 nitrogen and oxygen atoms in total. The third kappa shape index (κ3) is 5.16. The van der Waals surface area contributed by atoms with Crippen molar-refractivity contribution in [2.24, 2.45) is 5.14 Å². The largest absolute Gasteiger partial charge is 0.384 e. The number of nitro groups is 1. The van der Waals surface area contributed by atoms with Gasteiger partial charge in [-0.3, -0.25) is 10.1 Å². The number of non-ortho nitro benzene ring substituents is 1. The van der Waals surface area contributed by atoms with Crippen LogP contribution in [0.2, 0.25) is 0 Å². The average molecular weight is 364 g/mol. The SMILES string of the molecule is CN(CCCNc1ccc([N+](=O)[O-])cc1S(N)(=O)=O)c1ccccc1. The molecule has 0 unspecified atom stereocenters. The molecule has 0 heterocycles. The first kappa shape index (κ1) is 18.7. The van der Waals surface area contributed by atoms with E-state index in [4.69, 9.17) is 5.14 Å². The number of benzene rings is 2. The smallest absolute Gasteiger partial charge is 0.270 e. The predicted octanol–water partition coefficient (Wildman–Crippen LogP) is 2.18. The van der Waals surface area contributed by atoms with Crippen molar-refractivity contribution in [1.82, 2.24) is 0 Å². The Morgan fingerprint density at radius 2 is 1.88 bits per heavy atom. The molecule has 3 N–H and O–H groups in total. The molecular formula is C16H20N4O4S. The zero-order valence-electron chi connectivity index (χ0n) is 13.8. The lowest BCUT2D eigenvalue weighted by molar-refractivity contribution is -0.385. The summed E-state index contributed by atoms with van der Waals surface area (Å²) in [6.07, 6.45) is 0.743. The Hall–Kier alpha value is -2.65. The number of rotatable bonds is 8. The molecule has 0 aliphatic carbocycles. The molecule has 134 valence electrons. The van der Waals surface area contributed by atoms with Gasteiger partial charge in [0.2, 0.25) is 10.0 Å². The van der Waals surface area contributed by atoms with E-state index in [9.17, 15) is 18.5 Å². The van der Waals surface area contributed by atoms with Crippen LogP contribution in [0.4, 0.5) is 17.1 Å². The van der Waals surface area contributed by atoms with Crippen LogP contribution in [0.25, 0.3) is 0 Å². The van der Waals surface area contributed by atoms with Gasteiger partial charge in [0, 0.05) is 38.0 Å². The maximum atomic E-state index is 11.7. The third-order valence-corrected chi connectivity index (χ3v) is 4.62. The van der Waals surface area contributed by atoms with Crippen LogP contribution in [0.5, 0.6) is 0 Å². The van der Waals surface area contributed by atoms with Crippen molar-refractivity contribution >= 4 is 27.1 Å². The molecule has 0 aliphatic heterocycles. The predicted molar refractivity (Wildman–Crippen MR) is 97.3 cm³/mol. The van der Waals surface area contributed by atoms with E-state index < -0.39 is 14.9 Å². The average Bonchev–Trinajstić information content (AvgIpc) is 2.58. The van der Waals surface area contributed by atoms with Gasteiger partial charge >= 0.3 is 0 Å². The minimum Gasteiger partial charge on any atom is -0.384 e. The Morgan fingerprint density at radius 1 is 1.20 bits per heavy atom. The summed E-state index contributed by atoms with van der Waals surface area (Å²) in [4.78, 5) is 11.9. The van der Waals surface area contributed by atoms with E-state index in [1.165, 1.54) is 12.1 Å². The minimum atomic E-state index is -4.06. The Kier molecular flexibility index (Phi) is 5.94. The van der Waals surface area contributed by atoms with Gasteiger partial charge < -0.3 is 10.2 Å². The second-order valence-electron chi connectivity index (χ2n) is 5.52. The Labute approximate surface area is 146 Å². The number of para-hydroxylation sites is 1. The minimum absolute atomic E-state index is 0.260. The van der Waals surface area contributed by atoms with Crippen LogP contribution in [-0.2, 0) is 10.0 Å². The zero-order valence-corrected chi connectivity index (χ0v) is 14.6. The number of nitro benzene ring substituents is 1. The molecule has 0 atom stereocenters. The monoisotopic (exact) mass is 364 g/mol. The van der Waals surface area contributed by atoms with E-state index in [0.29, 0.717) is 6.54 Å². The number of nitrogens with zero attached hydrogens (tertiary/aromatic N) is 2. The summed E-state index contributed by atoms with van der Waals surface area (Å²) in [5.41, 5.74) is 1.02. The standard InChI is InChI=1S/C16H20N4O4S/c1-19(13-6-3-2-4-7-13)11-5-10-18-15-9-8-14(20(21)22)12-16(15)25(17,23)24/h2-4,6-9,12,18H,5,10-11H2,1H3,(H2,17,23,24). The van der Waals surface area contributed by atoms with E-state index in [1.807, 2.05) is 37.4 Å². The molecule has 2 rings (SSSR count). The first-order chi connectivity index (χ1) is 11.8. The quantitative estimate of drug-likeness (QED) is 0.421. The highest BCUT2D eigenvalue weighted by Crippen LogP contribution is 2.25. The van der Waals surface area contributed by atoms with Gasteiger partial charge in [-0.25, -0.2) is 13.6 Å². The van der Waals surface area contributed by atoms with E-state index in [1.54, 1.807) is 0 Å². The topological polar surface area (TPSA) is 119 Å². The van der Waals surface area contributed by atoms with E-state index in [0.717, 1.165) is 24.7 Å². The first-order valence-electron chi connectivity index (χ1n) is 7.60. The molecule has 0 bridgehead atoms. The van der Waals surface area contributed by atoms with Crippen molar-refractivity contribution in [2.75, 3.05) is 30.4 Å². The molecule has 0 spiro atoms. The molecular weight excluding hydrogens is 344 g/mol. The highest BCUT2D eigenvalue weighted by atomic mass is 32.2. The lowest BCUT2D eigenvalue weighted by Crippen LogP contribution is -2.21. The molecule has 0 aromatic heterocycles. The van der Waals surface area contributed by atoms with Crippen LogP contribution >= 0.6 is 0 Å². The fourth-order valence-corrected chi connectivity index (χ4v) is 3.09. The Balaban J connectivity index is 2.00. The maximum absolute atomic E-state index is 11.7. The number of nitrogens with one attached hydrogen (secondary N) is 1. The van der Waals surface area contributed by atoms with Crippen molar-refractivity contribution in [3.63, 3.8) is 0 Å². The summed E-state index contributed by atoms with van der Waals surface area (Å²) in [6.45, 7) is 1.26. The second kappa shape index (κ2) is 7.95. The van der Waals surface area contributed by atoms with Crippen molar-refractivity contribution < 1.29 is 13.3 Å². The maximum Gasteiger partial charge on any atom is 0.270 e. The lowest BCUT2D eigenvalue weighted by Gasteiger charge is -2.19. The molecule has 0 saturated carbocycles. The van der Waals surface area contributed by atoms with E-state index >= 15 is 0 Å². The normalized spacial score (nSPS) is 11.1. The number of hydrogen-bond acceptors (Lipinski definition) is 6. The van der Waals surface area contributed by atoms with Crippen molar-refractivity contribution in [1.29, 1.82) is 0 Å². The van der Waals surface area contributed by atoms with Gasteiger partial charge in [-0.15, -0.1) is 0 Å². The summed E-state index contributed by atoms with van der Waals surface area (Å²) in [6, 6.07) is 13.4. The molecule has 0 radical (unpaired) electrons. The van der Waals surface area contributed by atoms with Crippen LogP contribution in [0.1, 0.15) is 6.42 Å². The van der Waals surface area contributed by atoms with Crippen molar-refractivity contribution in [3.8, 4) is 0 Å². The van der Waals surface area contributed by atoms with Crippen LogP contribution < -0.4 is 15.4 Å². The number of sulfonamides is 1. The molecule has 2 aromatic rings. The highest BCUT2D eigenvalue weighted by molar-refractivity contribution is 7.89. The van der Waals surface area contributed by atoms with Crippen molar-refractivity contribution in [2.45, 2.75) is 11.3 Å². The Morgan fingerprint density at radius 3 is 2.48 bits per heavy atom. The van der Waals surface area contributed by atoms with E-state index in [-0.39, 0.29) is 16.3 Å². The molecule has 9 heteroatoms. The second-order valence-corrected chi connectivity index (χ2v) is 7.05. The summed E-state index contributed by atoms with van der Waals surface area (Å²) >= 11 is 0. The highest BCUT2D eigenvalue weighted by Gasteiger charge is 2.18. The van der Waals surface area contributed by atoms with E-state index in [2.05, 4.69) is 10.2 Å². The molecule has 0 aliphatic rings. The van der Waals surface area contributed by atoms with Gasteiger partial charge in [0.15, 0.2) is 0 Å². The molecule has 0 amide bonds. The van der Waals surface area contributed by atoms with Gasteiger partial charge in [-0.2, -0.15) is 0 Å². The summed E-state index contributed by atoms with van der Waals surface area (Å²) in [5.74, 6) is 0. The summed E-state index contributed by atoms with van der Waals surface area (Å²) < 4.78 is 23.3. The van der Waals surface area contributed by atoms with Gasteiger partial charge in [0.25, 0.3) is 5.69 Å². The van der Waals surface area contributed by atoms with Gasteiger partial charge in [0.1, 0.15) is 4.90 Å². The van der Waals surface area contributed by atoms with Gasteiger partial charge in [-0.1, -0.05) is 18.2 Å². The zero-order chi connectivity index (χ0) is 18.4. The molecule has 0 fully saturated rings. The Bertz CT molecular complexity index is 840. The fourth-order valence-electron chi connectivity index (χ4n) is 2.36. The first-order valence-corrected chi connectivity index (χ1v) is 9.15. The number of nitrogens with two attached hydrogens (primary N) is 1. The lowest BCUT2D eigenvalue weighted by atomic mass is 10.2. The number of primary sulfonamides is 1. The molecule has 2 aromatic carbocycles. The van der Waals surface area contributed by atoms with Crippen LogP contribution in [0.3, 0.4) is 0 Å². The number of hydrogen-bond donors (Lipinski definition) is 2. The fraction of sp³-hybridized carbons (Fsp3) is 0.250. The van der Waals surface area contributed by atoms with Crippen LogP contribution in [0, 0.1) is 10.1 Å². The molecule has 25 heavy (non-hydrogen) atoms. The number of anilines is 2. The van der Waals surface area contributed by atoms with Crippen LogP contribution in [0.15, 0.2) is 53.4 Å².